The van der Waals surface area contributed by atoms with Gasteiger partial charge in [0.2, 0.25) is 5.13 Å². The van der Waals surface area contributed by atoms with Crippen LogP contribution in [0.25, 0.3) is 11.3 Å². The zero-order chi connectivity index (χ0) is 26.4. The summed E-state index contributed by atoms with van der Waals surface area (Å²) in [5, 5.41) is 6.93. The summed E-state index contributed by atoms with van der Waals surface area (Å²) in [7, 11) is -4.40. The highest BCUT2D eigenvalue weighted by Gasteiger charge is 2.33. The lowest BCUT2D eigenvalue weighted by Gasteiger charge is -2.29. The van der Waals surface area contributed by atoms with Crippen LogP contribution >= 0.6 is 23.1 Å². The van der Waals surface area contributed by atoms with Crippen molar-refractivity contribution < 1.29 is 30.7 Å². The van der Waals surface area contributed by atoms with Gasteiger partial charge in [0.15, 0.2) is 0 Å². The second-order valence-corrected chi connectivity index (χ2v) is 10.7. The van der Waals surface area contributed by atoms with Crippen molar-refractivity contribution in [3.8, 4) is 22.8 Å². The molecule has 0 amide bonds. The molecule has 0 spiro atoms. The lowest BCUT2D eigenvalue weighted by molar-refractivity contribution is -0.137. The molecule has 1 aliphatic rings. The van der Waals surface area contributed by atoms with Gasteiger partial charge in [-0.2, -0.15) is 22.6 Å². The maximum atomic E-state index is 14.9. The van der Waals surface area contributed by atoms with Crippen LogP contribution in [0.4, 0.5) is 22.7 Å². The maximum absolute atomic E-state index is 14.9. The first-order valence-corrected chi connectivity index (χ1v) is 13.1. The Balaban J connectivity index is 1.53. The molecule has 2 N–H and O–H groups in total. The van der Waals surface area contributed by atoms with Crippen molar-refractivity contribution in [3.63, 3.8) is 0 Å². The first-order valence-electron chi connectivity index (χ1n) is 10.4. The Hall–Kier alpha value is -3.27. The van der Waals surface area contributed by atoms with Crippen molar-refractivity contribution in [1.82, 2.24) is 24.5 Å². The van der Waals surface area contributed by atoms with Crippen molar-refractivity contribution in [1.29, 1.82) is 0 Å². The minimum Gasteiger partial charge on any atom is -0.455 e. The predicted octanol–water partition coefficient (Wildman–Crippen LogP) is 4.95. The molecule has 1 fully saturated rings. The molecular formula is C21H15ClF4N6O3S2. The van der Waals surface area contributed by atoms with E-state index in [1.165, 1.54) is 12.3 Å². The van der Waals surface area contributed by atoms with Gasteiger partial charge >= 0.3 is 6.18 Å². The number of sulfonamides is 1. The predicted molar refractivity (Wildman–Crippen MR) is 127 cm³/mol. The van der Waals surface area contributed by atoms with E-state index in [0.717, 1.165) is 48.2 Å². The standard InChI is InChI=1S/C21H15ClF4N6O3S2/c22-14-6-19(37(33,34)31-20-28-10-30-36-20)15(23)7-18(14)35-17-2-1-11(21(24,25)26)5-13(17)16-3-4-29-32(16)12-8-27-9-12/h1-7,10,12,27H,8-9H2,(H,28,30,31). The van der Waals surface area contributed by atoms with E-state index in [1.807, 2.05) is 0 Å². The molecule has 9 nitrogen and oxygen atoms in total. The zero-order valence-corrected chi connectivity index (χ0v) is 20.7. The van der Waals surface area contributed by atoms with Crippen molar-refractivity contribution in [2.75, 3.05) is 17.8 Å². The monoisotopic (exact) mass is 574 g/mol. The van der Waals surface area contributed by atoms with E-state index in [-0.39, 0.29) is 33.3 Å². The van der Waals surface area contributed by atoms with Gasteiger partial charge in [0, 0.05) is 42.4 Å². The number of halogens is 5. The molecule has 16 heteroatoms. The van der Waals surface area contributed by atoms with Gasteiger partial charge in [-0.25, -0.2) is 17.8 Å². The molecular weight excluding hydrogens is 560 g/mol. The number of hydrogen-bond donors (Lipinski definition) is 2. The lowest BCUT2D eigenvalue weighted by Crippen LogP contribution is -2.44. The summed E-state index contributed by atoms with van der Waals surface area (Å²) in [6.07, 6.45) is -2.05. The smallest absolute Gasteiger partial charge is 0.416 e. The van der Waals surface area contributed by atoms with E-state index in [0.29, 0.717) is 18.8 Å². The molecule has 5 rings (SSSR count). The second-order valence-electron chi connectivity index (χ2n) is 7.85. The van der Waals surface area contributed by atoms with Gasteiger partial charge in [-0.05, 0) is 30.3 Å². The number of alkyl halides is 3. The highest BCUT2D eigenvalue weighted by molar-refractivity contribution is 7.93. The zero-order valence-electron chi connectivity index (χ0n) is 18.3. The van der Waals surface area contributed by atoms with Crippen LogP contribution in [0.2, 0.25) is 5.02 Å². The summed E-state index contributed by atoms with van der Waals surface area (Å²) in [4.78, 5) is 2.91. The fraction of sp³-hybridized carbons (Fsp3) is 0.190. The van der Waals surface area contributed by atoms with Gasteiger partial charge in [0.05, 0.1) is 22.3 Å². The maximum Gasteiger partial charge on any atom is 0.416 e. The van der Waals surface area contributed by atoms with E-state index in [9.17, 15) is 26.0 Å². The minimum absolute atomic E-state index is 0.0466. The highest BCUT2D eigenvalue weighted by Crippen LogP contribution is 2.42. The summed E-state index contributed by atoms with van der Waals surface area (Å²) in [5.74, 6) is -1.56. The molecule has 3 heterocycles. The molecule has 2 aromatic heterocycles. The van der Waals surface area contributed by atoms with Gasteiger partial charge < -0.3 is 10.1 Å². The first kappa shape index (κ1) is 25.4. The van der Waals surface area contributed by atoms with Gasteiger partial charge in [0.25, 0.3) is 10.0 Å². The highest BCUT2D eigenvalue weighted by atomic mass is 35.5. The summed E-state index contributed by atoms with van der Waals surface area (Å²) in [6, 6.07) is 5.86. The molecule has 37 heavy (non-hydrogen) atoms. The molecule has 0 bridgehead atoms. The third-order valence-corrected chi connectivity index (χ3v) is 7.80. The molecule has 0 unspecified atom stereocenters. The molecule has 2 aromatic carbocycles. The topological polar surface area (TPSA) is 111 Å². The molecule has 1 aliphatic heterocycles. The van der Waals surface area contributed by atoms with Gasteiger partial charge in [-0.15, -0.1) is 0 Å². The average molecular weight is 575 g/mol. The number of nitrogens with zero attached hydrogens (tertiary/aromatic N) is 4. The van der Waals surface area contributed by atoms with E-state index in [1.54, 1.807) is 4.68 Å². The van der Waals surface area contributed by atoms with Crippen LogP contribution in [-0.2, 0) is 16.2 Å². The Bertz CT molecular complexity index is 1560. The normalized spacial score (nSPS) is 14.4. The number of nitrogens with one attached hydrogen (secondary N) is 2. The molecule has 0 radical (unpaired) electrons. The van der Waals surface area contributed by atoms with Crippen molar-refractivity contribution >= 4 is 38.3 Å². The number of ether oxygens (including phenoxy) is 1. The minimum atomic E-state index is -4.63. The Morgan fingerprint density at radius 1 is 1.16 bits per heavy atom. The van der Waals surface area contributed by atoms with Crippen LogP contribution in [0.5, 0.6) is 11.5 Å². The van der Waals surface area contributed by atoms with E-state index >= 15 is 0 Å². The Morgan fingerprint density at radius 3 is 2.59 bits per heavy atom. The van der Waals surface area contributed by atoms with Crippen LogP contribution < -0.4 is 14.8 Å². The molecule has 194 valence electrons. The molecule has 0 atom stereocenters. The van der Waals surface area contributed by atoms with Gasteiger partial charge in [0.1, 0.15) is 28.5 Å². The van der Waals surface area contributed by atoms with Crippen LogP contribution in [0.15, 0.2) is 53.8 Å². The number of benzene rings is 2. The Labute approximate surface area is 216 Å². The quantitative estimate of drug-likeness (QED) is 0.300. The molecule has 4 aromatic rings. The van der Waals surface area contributed by atoms with Gasteiger partial charge in [-0.3, -0.25) is 9.40 Å². The summed E-state index contributed by atoms with van der Waals surface area (Å²) >= 11 is 6.97. The Morgan fingerprint density at radius 2 is 1.95 bits per heavy atom. The lowest BCUT2D eigenvalue weighted by atomic mass is 10.0. The van der Waals surface area contributed by atoms with Crippen LogP contribution in [0.1, 0.15) is 11.6 Å². The van der Waals surface area contributed by atoms with E-state index in [2.05, 4.69) is 24.5 Å². The average Bonchev–Trinajstić information content (AvgIpc) is 3.46. The number of rotatable bonds is 7. The van der Waals surface area contributed by atoms with Crippen LogP contribution in [0.3, 0.4) is 0 Å². The van der Waals surface area contributed by atoms with E-state index in [4.69, 9.17) is 16.3 Å². The molecule has 0 saturated carbocycles. The van der Waals surface area contributed by atoms with Crippen LogP contribution in [-0.4, -0.2) is 40.6 Å². The number of hydrogen-bond acceptors (Lipinski definition) is 8. The number of anilines is 1. The van der Waals surface area contributed by atoms with Crippen molar-refractivity contribution in [3.05, 3.63) is 65.3 Å². The SMILES string of the molecule is O=S(=O)(Nc1ncns1)c1cc(Cl)c(Oc2ccc(C(F)(F)F)cc2-c2ccnn2C2CNC2)cc1F. The second kappa shape index (κ2) is 9.55. The van der Waals surface area contributed by atoms with Crippen molar-refractivity contribution in [2.45, 2.75) is 17.1 Å². The fourth-order valence-electron chi connectivity index (χ4n) is 3.56. The summed E-state index contributed by atoms with van der Waals surface area (Å²) < 4.78 is 93.6. The third-order valence-electron chi connectivity index (χ3n) is 5.44. The summed E-state index contributed by atoms with van der Waals surface area (Å²) in [5.41, 5.74) is -0.522. The van der Waals surface area contributed by atoms with Gasteiger partial charge in [-0.1, -0.05) is 11.6 Å². The fourth-order valence-corrected chi connectivity index (χ4v) is 5.58. The first-order chi connectivity index (χ1) is 17.5. The molecule has 0 aliphatic carbocycles. The third kappa shape index (κ3) is 5.12. The largest absolute Gasteiger partial charge is 0.455 e. The van der Waals surface area contributed by atoms with E-state index < -0.39 is 32.5 Å². The van der Waals surface area contributed by atoms with Crippen molar-refractivity contribution in [2.24, 2.45) is 0 Å². The molecule has 1 saturated heterocycles. The number of aromatic nitrogens is 4. The van der Waals surface area contributed by atoms with Crippen LogP contribution in [0, 0.1) is 5.82 Å². The Kier molecular flexibility index (Phi) is 6.55. The summed E-state index contributed by atoms with van der Waals surface area (Å²) in [6.45, 7) is 1.17.